The molecule has 0 aliphatic rings. The quantitative estimate of drug-likeness (QED) is 0.791. The van der Waals surface area contributed by atoms with Crippen LogP contribution in [0.25, 0.3) is 0 Å². The van der Waals surface area contributed by atoms with Gasteiger partial charge in [-0.15, -0.1) is 0 Å². The molecule has 0 radical (unpaired) electrons. The van der Waals surface area contributed by atoms with E-state index in [1.54, 1.807) is 0 Å². The van der Waals surface area contributed by atoms with Crippen molar-refractivity contribution in [2.75, 3.05) is 36.7 Å². The van der Waals surface area contributed by atoms with Crippen LogP contribution in [0.1, 0.15) is 13.3 Å². The summed E-state index contributed by atoms with van der Waals surface area (Å²) >= 11 is 0. The predicted octanol–water partition coefficient (Wildman–Crippen LogP) is 3.87. The third-order valence-corrected chi connectivity index (χ3v) is 3.07. The molecule has 3 N–H and O–H groups in total. The first-order chi connectivity index (χ1) is 10.1. The van der Waals surface area contributed by atoms with Gasteiger partial charge in [-0.2, -0.15) is 0 Å². The van der Waals surface area contributed by atoms with Crippen molar-refractivity contribution >= 4 is 22.7 Å². The Morgan fingerprint density at radius 2 is 1.90 bits per heavy atom. The number of ether oxygens (including phenoxy) is 1. The van der Waals surface area contributed by atoms with Crippen molar-refractivity contribution in [2.24, 2.45) is 0 Å². The van der Waals surface area contributed by atoms with Crippen LogP contribution in [0.2, 0.25) is 0 Å². The zero-order chi connectivity index (χ0) is 15.2. The van der Waals surface area contributed by atoms with Crippen molar-refractivity contribution in [3.63, 3.8) is 0 Å². The van der Waals surface area contributed by atoms with Crippen LogP contribution in [-0.4, -0.2) is 20.7 Å². The number of hydrogen-bond donors (Lipinski definition) is 2. The smallest absolute Gasteiger partial charge is 0.123 e. The van der Waals surface area contributed by atoms with E-state index in [1.807, 2.05) is 50.5 Å². The highest BCUT2D eigenvalue weighted by Crippen LogP contribution is 2.30. The van der Waals surface area contributed by atoms with Gasteiger partial charge in [0.1, 0.15) is 5.75 Å². The number of nitrogens with zero attached hydrogens (tertiary/aromatic N) is 1. The first-order valence-corrected chi connectivity index (χ1v) is 7.17. The van der Waals surface area contributed by atoms with Crippen LogP contribution in [0.15, 0.2) is 42.5 Å². The third kappa shape index (κ3) is 4.05. The highest BCUT2D eigenvalue weighted by Gasteiger charge is 2.06. The molecule has 2 rings (SSSR count). The van der Waals surface area contributed by atoms with E-state index in [0.29, 0.717) is 12.3 Å². The summed E-state index contributed by atoms with van der Waals surface area (Å²) in [6, 6.07) is 13.9. The summed E-state index contributed by atoms with van der Waals surface area (Å²) in [5.74, 6) is 0.793. The molecule has 0 atom stereocenters. The lowest BCUT2D eigenvalue weighted by Crippen LogP contribution is -2.10. The summed E-state index contributed by atoms with van der Waals surface area (Å²) in [6.07, 6.45) is 0.973. The Kier molecular flexibility index (Phi) is 4.93. The molecular formula is C17H23N3O. The van der Waals surface area contributed by atoms with E-state index < -0.39 is 0 Å². The molecule has 2 aromatic rings. The lowest BCUT2D eigenvalue weighted by atomic mass is 10.2. The van der Waals surface area contributed by atoms with Gasteiger partial charge < -0.3 is 20.7 Å². The molecular weight excluding hydrogens is 262 g/mol. The summed E-state index contributed by atoms with van der Waals surface area (Å²) in [7, 11) is 4.05. The van der Waals surface area contributed by atoms with Gasteiger partial charge in [-0.05, 0) is 24.6 Å². The maximum atomic E-state index is 5.95. The van der Waals surface area contributed by atoms with E-state index >= 15 is 0 Å². The molecule has 112 valence electrons. The van der Waals surface area contributed by atoms with Crippen LogP contribution in [0.4, 0.5) is 22.7 Å². The fraction of sp³-hybridized carbons (Fsp3) is 0.294. The second kappa shape index (κ2) is 6.88. The maximum Gasteiger partial charge on any atom is 0.123 e. The number of nitrogens with two attached hydrogens (primary N) is 1. The molecule has 0 bridgehead atoms. The van der Waals surface area contributed by atoms with Crippen LogP contribution >= 0.6 is 0 Å². The first kappa shape index (κ1) is 15.0. The number of hydrogen-bond acceptors (Lipinski definition) is 4. The Hall–Kier alpha value is -2.36. The van der Waals surface area contributed by atoms with Gasteiger partial charge in [-0.25, -0.2) is 0 Å². The van der Waals surface area contributed by atoms with E-state index in [9.17, 15) is 0 Å². The standard InChI is InChI=1S/C17H23N3O/c1-4-9-21-15-11-13(18)10-14(12-15)19-16-7-5-6-8-17(16)20(2)3/h5-8,10-12,19H,4,9,18H2,1-3H3. The highest BCUT2D eigenvalue weighted by molar-refractivity contribution is 5.76. The number of rotatable bonds is 6. The van der Waals surface area contributed by atoms with E-state index in [0.717, 1.165) is 29.2 Å². The molecule has 0 aromatic heterocycles. The molecule has 0 amide bonds. The van der Waals surface area contributed by atoms with E-state index in [-0.39, 0.29) is 0 Å². The van der Waals surface area contributed by atoms with E-state index in [4.69, 9.17) is 10.5 Å². The lowest BCUT2D eigenvalue weighted by Gasteiger charge is -2.19. The molecule has 0 unspecified atom stereocenters. The van der Waals surface area contributed by atoms with E-state index in [1.165, 1.54) is 0 Å². The molecule has 0 spiro atoms. The van der Waals surface area contributed by atoms with Crippen molar-refractivity contribution in [1.29, 1.82) is 0 Å². The molecule has 0 saturated carbocycles. The zero-order valence-electron chi connectivity index (χ0n) is 12.9. The van der Waals surface area contributed by atoms with Gasteiger partial charge in [0.2, 0.25) is 0 Å². The molecule has 4 nitrogen and oxygen atoms in total. The minimum absolute atomic E-state index is 0.688. The second-order valence-electron chi connectivity index (χ2n) is 5.18. The molecule has 0 saturated heterocycles. The van der Waals surface area contributed by atoms with Crippen molar-refractivity contribution in [3.05, 3.63) is 42.5 Å². The van der Waals surface area contributed by atoms with Gasteiger partial charge in [0.25, 0.3) is 0 Å². The summed E-state index contributed by atoms with van der Waals surface area (Å²) in [5.41, 5.74) is 9.72. The van der Waals surface area contributed by atoms with Crippen molar-refractivity contribution in [3.8, 4) is 5.75 Å². The van der Waals surface area contributed by atoms with Gasteiger partial charge >= 0.3 is 0 Å². The highest BCUT2D eigenvalue weighted by atomic mass is 16.5. The molecule has 0 aliphatic heterocycles. The lowest BCUT2D eigenvalue weighted by molar-refractivity contribution is 0.318. The fourth-order valence-electron chi connectivity index (χ4n) is 2.12. The Morgan fingerprint density at radius 1 is 1.14 bits per heavy atom. The van der Waals surface area contributed by atoms with Gasteiger partial charge in [-0.3, -0.25) is 0 Å². The Balaban J connectivity index is 2.25. The predicted molar refractivity (Wildman–Crippen MR) is 90.7 cm³/mol. The van der Waals surface area contributed by atoms with Crippen molar-refractivity contribution in [2.45, 2.75) is 13.3 Å². The van der Waals surface area contributed by atoms with Crippen LogP contribution in [0.3, 0.4) is 0 Å². The Labute approximate surface area is 126 Å². The van der Waals surface area contributed by atoms with Gasteiger partial charge in [0.15, 0.2) is 0 Å². The fourth-order valence-corrected chi connectivity index (χ4v) is 2.12. The molecule has 2 aromatic carbocycles. The largest absolute Gasteiger partial charge is 0.493 e. The van der Waals surface area contributed by atoms with Gasteiger partial charge in [-0.1, -0.05) is 19.1 Å². The van der Waals surface area contributed by atoms with Gasteiger partial charge in [0, 0.05) is 37.6 Å². The zero-order valence-corrected chi connectivity index (χ0v) is 12.9. The molecule has 0 aliphatic carbocycles. The summed E-state index contributed by atoms with van der Waals surface area (Å²) < 4.78 is 5.66. The average molecular weight is 285 g/mol. The minimum Gasteiger partial charge on any atom is -0.493 e. The summed E-state index contributed by atoms with van der Waals surface area (Å²) in [6.45, 7) is 2.77. The second-order valence-corrected chi connectivity index (χ2v) is 5.18. The normalized spacial score (nSPS) is 10.2. The Bertz CT molecular complexity index is 596. The summed E-state index contributed by atoms with van der Waals surface area (Å²) in [5, 5.41) is 3.41. The monoisotopic (exact) mass is 285 g/mol. The average Bonchev–Trinajstić information content (AvgIpc) is 2.45. The van der Waals surface area contributed by atoms with Crippen LogP contribution in [0, 0.1) is 0 Å². The number of benzene rings is 2. The van der Waals surface area contributed by atoms with Gasteiger partial charge in [0.05, 0.1) is 18.0 Å². The summed E-state index contributed by atoms with van der Waals surface area (Å²) in [4.78, 5) is 2.07. The topological polar surface area (TPSA) is 50.5 Å². The van der Waals surface area contributed by atoms with Crippen molar-refractivity contribution < 1.29 is 4.74 Å². The SMILES string of the molecule is CCCOc1cc(N)cc(Nc2ccccc2N(C)C)c1. The minimum atomic E-state index is 0.688. The molecule has 0 fully saturated rings. The van der Waals surface area contributed by atoms with Crippen LogP contribution < -0.4 is 20.7 Å². The molecule has 21 heavy (non-hydrogen) atoms. The van der Waals surface area contributed by atoms with E-state index in [2.05, 4.69) is 23.2 Å². The molecule has 0 heterocycles. The number of nitrogens with one attached hydrogen (secondary N) is 1. The molecule has 4 heteroatoms. The number of nitrogen functional groups attached to an aromatic ring is 1. The number of para-hydroxylation sites is 2. The third-order valence-electron chi connectivity index (χ3n) is 3.07. The number of anilines is 4. The van der Waals surface area contributed by atoms with Crippen LogP contribution in [0.5, 0.6) is 5.75 Å². The Morgan fingerprint density at radius 3 is 2.62 bits per heavy atom. The van der Waals surface area contributed by atoms with Crippen molar-refractivity contribution in [1.82, 2.24) is 0 Å². The first-order valence-electron chi connectivity index (χ1n) is 7.17. The maximum absolute atomic E-state index is 5.95. The van der Waals surface area contributed by atoms with Crippen LogP contribution in [-0.2, 0) is 0 Å².